The summed E-state index contributed by atoms with van der Waals surface area (Å²) in [6.45, 7) is 0. The SMILES string of the molecule is CN(C)c1ccc(/C(=C\C=C\C(=O)Nc2cccc3c(=O)[nH]ccc23)c2ccc(C(F)(F)F)cc2)cc1. The molecule has 4 rings (SSSR count). The van der Waals surface area contributed by atoms with Crippen LogP contribution < -0.4 is 15.8 Å². The van der Waals surface area contributed by atoms with Crippen LogP contribution in [-0.4, -0.2) is 25.0 Å². The molecule has 0 radical (unpaired) electrons. The maximum Gasteiger partial charge on any atom is 0.416 e. The van der Waals surface area contributed by atoms with Crippen molar-refractivity contribution in [1.82, 2.24) is 4.98 Å². The number of nitrogens with zero attached hydrogens (tertiary/aromatic N) is 1. The van der Waals surface area contributed by atoms with Gasteiger partial charge >= 0.3 is 6.18 Å². The number of rotatable bonds is 6. The summed E-state index contributed by atoms with van der Waals surface area (Å²) in [7, 11) is 3.82. The Morgan fingerprint density at radius 3 is 2.16 bits per heavy atom. The second-order valence-electron chi connectivity index (χ2n) is 8.52. The summed E-state index contributed by atoms with van der Waals surface area (Å²) in [6, 6.07) is 19.2. The zero-order chi connectivity index (χ0) is 26.6. The molecular weight excluding hydrogens is 479 g/mol. The number of amides is 1. The first-order valence-electron chi connectivity index (χ1n) is 11.4. The van der Waals surface area contributed by atoms with E-state index >= 15 is 0 Å². The van der Waals surface area contributed by atoms with Gasteiger partial charge in [-0.15, -0.1) is 0 Å². The van der Waals surface area contributed by atoms with E-state index in [1.807, 2.05) is 43.3 Å². The number of benzene rings is 3. The Kier molecular flexibility index (Phi) is 7.29. The summed E-state index contributed by atoms with van der Waals surface area (Å²) in [4.78, 5) is 29.2. The van der Waals surface area contributed by atoms with Crippen LogP contribution >= 0.6 is 0 Å². The van der Waals surface area contributed by atoms with Gasteiger partial charge in [0.05, 0.1) is 5.56 Å². The molecule has 0 aliphatic heterocycles. The number of pyridine rings is 1. The molecule has 0 saturated carbocycles. The molecule has 8 heteroatoms. The van der Waals surface area contributed by atoms with Crippen molar-refractivity contribution in [3.05, 3.63) is 124 Å². The van der Waals surface area contributed by atoms with Crippen LogP contribution in [0.4, 0.5) is 24.5 Å². The van der Waals surface area contributed by atoms with Crippen LogP contribution in [0.15, 0.2) is 102 Å². The van der Waals surface area contributed by atoms with E-state index in [4.69, 9.17) is 0 Å². The molecule has 0 bridgehead atoms. The normalized spacial score (nSPS) is 12.2. The molecule has 37 heavy (non-hydrogen) atoms. The van der Waals surface area contributed by atoms with Crippen LogP contribution in [0.5, 0.6) is 0 Å². The molecular formula is C29H24F3N3O2. The average Bonchev–Trinajstić information content (AvgIpc) is 2.87. The molecule has 2 N–H and O–H groups in total. The number of aromatic nitrogens is 1. The van der Waals surface area contributed by atoms with Crippen molar-refractivity contribution in [3.63, 3.8) is 0 Å². The van der Waals surface area contributed by atoms with Crippen LogP contribution in [0.3, 0.4) is 0 Å². The fourth-order valence-electron chi connectivity index (χ4n) is 3.87. The fraction of sp³-hybridized carbons (Fsp3) is 0.103. The number of fused-ring (bicyclic) bond motifs is 1. The van der Waals surface area contributed by atoms with Gasteiger partial charge in [0.25, 0.3) is 5.56 Å². The molecule has 5 nitrogen and oxygen atoms in total. The molecule has 1 amide bonds. The molecule has 0 fully saturated rings. The Balaban J connectivity index is 1.63. The lowest BCUT2D eigenvalue weighted by Gasteiger charge is -2.14. The minimum Gasteiger partial charge on any atom is -0.378 e. The van der Waals surface area contributed by atoms with Gasteiger partial charge in [-0.3, -0.25) is 9.59 Å². The number of nitrogens with one attached hydrogen (secondary N) is 2. The lowest BCUT2D eigenvalue weighted by molar-refractivity contribution is -0.137. The molecule has 3 aromatic carbocycles. The highest BCUT2D eigenvalue weighted by molar-refractivity contribution is 6.06. The van der Waals surface area contributed by atoms with Crippen LogP contribution in [0.1, 0.15) is 16.7 Å². The van der Waals surface area contributed by atoms with E-state index in [0.717, 1.165) is 23.4 Å². The summed E-state index contributed by atoms with van der Waals surface area (Å²) in [6.07, 6.45) is 1.63. The van der Waals surface area contributed by atoms with Gasteiger partial charge in [0.15, 0.2) is 0 Å². The molecule has 0 saturated heterocycles. The standard InChI is InChI=1S/C29H24F3N3O2/c1-35(2)22-15-11-20(12-16-22)23(19-9-13-21(14-10-19)29(30,31)32)5-4-8-27(36)34-26-7-3-6-25-24(26)17-18-33-28(25)37/h3-18H,1-2H3,(H,33,37)(H,34,36)/b8-4+,23-5-. The predicted molar refractivity (Wildman–Crippen MR) is 142 cm³/mol. The van der Waals surface area contributed by atoms with Crippen LogP contribution in [-0.2, 0) is 11.0 Å². The number of H-pyrrole nitrogens is 1. The number of hydrogen-bond acceptors (Lipinski definition) is 3. The largest absolute Gasteiger partial charge is 0.416 e. The van der Waals surface area contributed by atoms with E-state index < -0.39 is 17.6 Å². The Morgan fingerprint density at radius 2 is 1.54 bits per heavy atom. The molecule has 1 heterocycles. The predicted octanol–water partition coefficient (Wildman–Crippen LogP) is 6.24. The van der Waals surface area contributed by atoms with Gasteiger partial charge in [0.2, 0.25) is 5.91 Å². The molecule has 0 aliphatic carbocycles. The highest BCUT2D eigenvalue weighted by atomic mass is 19.4. The molecule has 4 aromatic rings. The highest BCUT2D eigenvalue weighted by Crippen LogP contribution is 2.32. The summed E-state index contributed by atoms with van der Waals surface area (Å²) >= 11 is 0. The number of anilines is 2. The van der Waals surface area contributed by atoms with Gasteiger partial charge in [0, 0.05) is 48.5 Å². The Morgan fingerprint density at radius 1 is 0.892 bits per heavy atom. The highest BCUT2D eigenvalue weighted by Gasteiger charge is 2.30. The minimum absolute atomic E-state index is 0.256. The summed E-state index contributed by atoms with van der Waals surface area (Å²) in [5, 5.41) is 3.83. The van der Waals surface area contributed by atoms with Crippen LogP contribution in [0.25, 0.3) is 16.3 Å². The van der Waals surface area contributed by atoms with Gasteiger partial charge in [-0.05, 0) is 59.2 Å². The lowest BCUT2D eigenvalue weighted by Crippen LogP contribution is -2.10. The minimum atomic E-state index is -4.43. The van der Waals surface area contributed by atoms with E-state index in [-0.39, 0.29) is 5.56 Å². The third-order valence-electron chi connectivity index (χ3n) is 5.80. The maximum atomic E-state index is 13.1. The van der Waals surface area contributed by atoms with E-state index in [0.29, 0.717) is 27.6 Å². The smallest absolute Gasteiger partial charge is 0.378 e. The molecule has 0 atom stereocenters. The first-order valence-corrected chi connectivity index (χ1v) is 11.4. The van der Waals surface area contributed by atoms with E-state index in [9.17, 15) is 22.8 Å². The average molecular weight is 504 g/mol. The Bertz CT molecular complexity index is 1530. The molecule has 0 spiro atoms. The zero-order valence-electron chi connectivity index (χ0n) is 20.1. The molecule has 188 valence electrons. The molecule has 0 unspecified atom stereocenters. The van der Waals surface area contributed by atoms with Crippen molar-refractivity contribution in [1.29, 1.82) is 0 Å². The number of allylic oxidation sites excluding steroid dienone is 2. The van der Waals surface area contributed by atoms with E-state index in [1.54, 1.807) is 36.4 Å². The van der Waals surface area contributed by atoms with Crippen molar-refractivity contribution in [2.24, 2.45) is 0 Å². The van der Waals surface area contributed by atoms with Gasteiger partial charge in [-0.25, -0.2) is 0 Å². The Labute approximate surface area is 211 Å². The number of hydrogen-bond donors (Lipinski definition) is 2. The van der Waals surface area contributed by atoms with Crippen molar-refractivity contribution >= 4 is 33.6 Å². The zero-order valence-corrected chi connectivity index (χ0v) is 20.1. The Hall–Kier alpha value is -4.59. The molecule has 0 aliphatic rings. The second kappa shape index (κ2) is 10.6. The topological polar surface area (TPSA) is 65.2 Å². The number of carbonyl (C=O) groups excluding carboxylic acids is 1. The monoisotopic (exact) mass is 503 g/mol. The van der Waals surface area contributed by atoms with Crippen molar-refractivity contribution in [2.75, 3.05) is 24.3 Å². The van der Waals surface area contributed by atoms with E-state index in [1.165, 1.54) is 24.4 Å². The number of alkyl halides is 3. The second-order valence-corrected chi connectivity index (χ2v) is 8.52. The van der Waals surface area contributed by atoms with Gasteiger partial charge in [-0.1, -0.05) is 42.5 Å². The van der Waals surface area contributed by atoms with Gasteiger partial charge in [-0.2, -0.15) is 13.2 Å². The fourth-order valence-corrected chi connectivity index (χ4v) is 3.87. The summed E-state index contributed by atoms with van der Waals surface area (Å²) < 4.78 is 39.2. The van der Waals surface area contributed by atoms with Crippen molar-refractivity contribution < 1.29 is 18.0 Å². The summed E-state index contributed by atoms with van der Waals surface area (Å²) in [5.41, 5.74) is 2.48. The van der Waals surface area contributed by atoms with E-state index in [2.05, 4.69) is 10.3 Å². The first-order chi connectivity index (χ1) is 17.6. The quantitative estimate of drug-likeness (QED) is 0.242. The van der Waals surface area contributed by atoms with Gasteiger partial charge < -0.3 is 15.2 Å². The third kappa shape index (κ3) is 5.98. The van der Waals surface area contributed by atoms with Gasteiger partial charge in [0.1, 0.15) is 0 Å². The number of aromatic amines is 1. The maximum absolute atomic E-state index is 13.1. The number of carbonyl (C=O) groups is 1. The van der Waals surface area contributed by atoms with Crippen LogP contribution in [0.2, 0.25) is 0 Å². The first kappa shape index (κ1) is 25.5. The number of halogens is 3. The summed E-state index contributed by atoms with van der Waals surface area (Å²) in [5.74, 6) is -0.418. The van der Waals surface area contributed by atoms with Crippen molar-refractivity contribution in [2.45, 2.75) is 6.18 Å². The molecule has 1 aromatic heterocycles. The third-order valence-corrected chi connectivity index (χ3v) is 5.80. The lowest BCUT2D eigenvalue weighted by atomic mass is 9.96. The van der Waals surface area contributed by atoms with Crippen LogP contribution in [0, 0.1) is 0 Å². The van der Waals surface area contributed by atoms with Crippen molar-refractivity contribution in [3.8, 4) is 0 Å².